The van der Waals surface area contributed by atoms with Crippen molar-refractivity contribution in [2.75, 3.05) is 31.8 Å². The van der Waals surface area contributed by atoms with E-state index in [-0.39, 0.29) is 11.2 Å². The van der Waals surface area contributed by atoms with E-state index in [1.807, 2.05) is 11.8 Å². The molecule has 110 valence electrons. The molecule has 0 saturated carbocycles. The number of hydrogen-bond acceptors (Lipinski definition) is 4. The molecule has 18 heavy (non-hydrogen) atoms. The smallest absolute Gasteiger partial charge is 0.0644 e. The molecule has 4 heteroatoms. The van der Waals surface area contributed by atoms with Crippen LogP contribution < -0.4 is 5.73 Å². The Balaban J connectivity index is 3.66. The van der Waals surface area contributed by atoms with E-state index in [1.165, 1.54) is 12.2 Å². The molecule has 0 radical (unpaired) electrons. The van der Waals surface area contributed by atoms with Crippen LogP contribution in [0.5, 0.6) is 0 Å². The van der Waals surface area contributed by atoms with Gasteiger partial charge in [-0.1, -0.05) is 0 Å². The maximum absolute atomic E-state index is 5.96. The maximum Gasteiger partial charge on any atom is 0.0644 e. The number of hydrogen-bond donors (Lipinski definition) is 1. The number of thioether (sulfide) groups is 1. The van der Waals surface area contributed by atoms with Crippen LogP contribution in [-0.4, -0.2) is 43.0 Å². The summed E-state index contributed by atoms with van der Waals surface area (Å²) in [5, 5.41) is 0. The molecule has 0 fully saturated rings. The van der Waals surface area contributed by atoms with Crippen molar-refractivity contribution >= 4 is 11.8 Å². The lowest BCUT2D eigenvalue weighted by atomic mass is 10.0. The summed E-state index contributed by atoms with van der Waals surface area (Å²) >= 11 is 1.93. The highest BCUT2D eigenvalue weighted by Gasteiger charge is 2.21. The minimum atomic E-state index is -0.0902. The zero-order chi connectivity index (χ0) is 14.1. The SMILES string of the molecule is COC(C)(C)CCOC(C)(C)CCCSCCN. The molecule has 0 atom stereocenters. The summed E-state index contributed by atoms with van der Waals surface area (Å²) in [5.41, 5.74) is 5.33. The Labute approximate surface area is 117 Å². The average Bonchev–Trinajstić information content (AvgIpc) is 2.28. The van der Waals surface area contributed by atoms with E-state index in [0.717, 1.165) is 31.7 Å². The van der Waals surface area contributed by atoms with Gasteiger partial charge in [-0.2, -0.15) is 11.8 Å². The lowest BCUT2D eigenvalue weighted by Crippen LogP contribution is -2.30. The van der Waals surface area contributed by atoms with Gasteiger partial charge < -0.3 is 15.2 Å². The summed E-state index contributed by atoms with van der Waals surface area (Å²) in [7, 11) is 1.75. The zero-order valence-electron chi connectivity index (χ0n) is 12.8. The predicted octanol–water partition coefficient (Wildman–Crippen LogP) is 3.07. The first kappa shape index (κ1) is 18.2. The molecule has 0 aromatic heterocycles. The van der Waals surface area contributed by atoms with Gasteiger partial charge >= 0.3 is 0 Å². The van der Waals surface area contributed by atoms with Crippen molar-refractivity contribution < 1.29 is 9.47 Å². The number of rotatable bonds is 11. The molecule has 0 aliphatic heterocycles. The van der Waals surface area contributed by atoms with Crippen LogP contribution in [0.2, 0.25) is 0 Å². The van der Waals surface area contributed by atoms with Gasteiger partial charge in [0.15, 0.2) is 0 Å². The van der Waals surface area contributed by atoms with Crippen LogP contribution in [0, 0.1) is 0 Å². The Bertz CT molecular complexity index is 208. The first-order valence-electron chi connectivity index (χ1n) is 6.80. The molecule has 0 saturated heterocycles. The van der Waals surface area contributed by atoms with Gasteiger partial charge in [0, 0.05) is 19.4 Å². The van der Waals surface area contributed by atoms with Gasteiger partial charge in [-0.25, -0.2) is 0 Å². The minimum Gasteiger partial charge on any atom is -0.379 e. The highest BCUT2D eigenvalue weighted by Crippen LogP contribution is 2.21. The standard InChI is InChI=1S/C14H31NO2S/c1-13(2,16-5)8-10-17-14(3,4)7-6-11-18-12-9-15/h6-12,15H2,1-5H3. The Hall–Kier alpha value is 0.230. The van der Waals surface area contributed by atoms with Crippen molar-refractivity contribution in [1.82, 2.24) is 0 Å². The van der Waals surface area contributed by atoms with Crippen molar-refractivity contribution in [2.24, 2.45) is 5.73 Å². The van der Waals surface area contributed by atoms with Gasteiger partial charge in [0.25, 0.3) is 0 Å². The van der Waals surface area contributed by atoms with Gasteiger partial charge in [-0.3, -0.25) is 0 Å². The zero-order valence-corrected chi connectivity index (χ0v) is 13.6. The second-order valence-corrected chi connectivity index (χ2v) is 7.05. The van der Waals surface area contributed by atoms with E-state index in [4.69, 9.17) is 15.2 Å². The molecule has 0 aliphatic rings. The molecule has 0 amide bonds. The van der Waals surface area contributed by atoms with Crippen molar-refractivity contribution in [3.8, 4) is 0 Å². The fourth-order valence-electron chi connectivity index (χ4n) is 1.53. The van der Waals surface area contributed by atoms with Crippen LogP contribution in [-0.2, 0) is 9.47 Å². The lowest BCUT2D eigenvalue weighted by Gasteiger charge is -2.29. The Morgan fingerprint density at radius 2 is 1.67 bits per heavy atom. The topological polar surface area (TPSA) is 44.5 Å². The first-order valence-corrected chi connectivity index (χ1v) is 7.95. The molecular formula is C14H31NO2S. The van der Waals surface area contributed by atoms with Gasteiger partial charge in [0.2, 0.25) is 0 Å². The highest BCUT2D eigenvalue weighted by atomic mass is 32.2. The molecule has 0 aromatic carbocycles. The van der Waals surface area contributed by atoms with Crippen LogP contribution in [0.3, 0.4) is 0 Å². The minimum absolute atomic E-state index is 0.0346. The maximum atomic E-state index is 5.96. The van der Waals surface area contributed by atoms with Crippen molar-refractivity contribution in [3.63, 3.8) is 0 Å². The van der Waals surface area contributed by atoms with Crippen molar-refractivity contribution in [3.05, 3.63) is 0 Å². The molecule has 0 aromatic rings. The van der Waals surface area contributed by atoms with Crippen molar-refractivity contribution in [2.45, 2.75) is 58.2 Å². The monoisotopic (exact) mass is 277 g/mol. The van der Waals surface area contributed by atoms with E-state index in [9.17, 15) is 0 Å². The molecule has 0 rings (SSSR count). The van der Waals surface area contributed by atoms with Crippen LogP contribution in [0.25, 0.3) is 0 Å². The fraction of sp³-hybridized carbons (Fsp3) is 1.00. The molecule has 0 unspecified atom stereocenters. The Morgan fingerprint density at radius 1 is 1.00 bits per heavy atom. The summed E-state index contributed by atoms with van der Waals surface area (Å²) in [6.07, 6.45) is 3.21. The third-order valence-electron chi connectivity index (χ3n) is 3.08. The summed E-state index contributed by atoms with van der Waals surface area (Å²) in [6.45, 7) is 10.0. The fourth-order valence-corrected chi connectivity index (χ4v) is 2.25. The first-order chi connectivity index (χ1) is 8.33. The van der Waals surface area contributed by atoms with Crippen LogP contribution in [0.15, 0.2) is 0 Å². The summed E-state index contributed by atoms with van der Waals surface area (Å²) < 4.78 is 11.3. The highest BCUT2D eigenvalue weighted by molar-refractivity contribution is 7.99. The Kier molecular flexibility index (Phi) is 9.30. The van der Waals surface area contributed by atoms with E-state index in [0.29, 0.717) is 0 Å². The molecular weight excluding hydrogens is 246 g/mol. The quantitative estimate of drug-likeness (QED) is 0.590. The average molecular weight is 277 g/mol. The third kappa shape index (κ3) is 10.2. The van der Waals surface area contributed by atoms with Crippen LogP contribution >= 0.6 is 11.8 Å². The molecule has 0 aliphatic carbocycles. The number of nitrogens with two attached hydrogens (primary N) is 1. The number of ether oxygens (including phenoxy) is 2. The second-order valence-electron chi connectivity index (χ2n) is 5.83. The summed E-state index contributed by atoms with van der Waals surface area (Å²) in [4.78, 5) is 0. The van der Waals surface area contributed by atoms with Gasteiger partial charge in [0.1, 0.15) is 0 Å². The van der Waals surface area contributed by atoms with Crippen LogP contribution in [0.4, 0.5) is 0 Å². The van der Waals surface area contributed by atoms with Gasteiger partial charge in [0.05, 0.1) is 17.8 Å². The van der Waals surface area contributed by atoms with E-state index >= 15 is 0 Å². The van der Waals surface area contributed by atoms with E-state index in [1.54, 1.807) is 7.11 Å². The normalized spacial score (nSPS) is 13.0. The van der Waals surface area contributed by atoms with Gasteiger partial charge in [-0.15, -0.1) is 0 Å². The predicted molar refractivity (Wildman–Crippen MR) is 81.3 cm³/mol. The van der Waals surface area contributed by atoms with E-state index < -0.39 is 0 Å². The van der Waals surface area contributed by atoms with Crippen LogP contribution in [0.1, 0.15) is 47.0 Å². The third-order valence-corrected chi connectivity index (χ3v) is 4.18. The Morgan fingerprint density at radius 3 is 2.22 bits per heavy atom. The molecule has 0 bridgehead atoms. The summed E-state index contributed by atoms with van der Waals surface area (Å²) in [5.74, 6) is 2.23. The van der Waals surface area contributed by atoms with Crippen molar-refractivity contribution in [1.29, 1.82) is 0 Å². The van der Waals surface area contributed by atoms with Gasteiger partial charge in [-0.05, 0) is 52.7 Å². The lowest BCUT2D eigenvalue weighted by molar-refractivity contribution is -0.0611. The molecule has 0 spiro atoms. The number of methoxy groups -OCH3 is 1. The summed E-state index contributed by atoms with van der Waals surface area (Å²) in [6, 6.07) is 0. The molecule has 2 N–H and O–H groups in total. The molecule has 3 nitrogen and oxygen atoms in total. The second kappa shape index (κ2) is 9.18. The molecule has 0 heterocycles. The van der Waals surface area contributed by atoms with E-state index in [2.05, 4.69) is 27.7 Å². The largest absolute Gasteiger partial charge is 0.379 e.